The van der Waals surface area contributed by atoms with Gasteiger partial charge < -0.3 is 9.80 Å². The Morgan fingerprint density at radius 3 is 0.875 bits per heavy atom. The van der Waals surface area contributed by atoms with E-state index in [0.717, 1.165) is 89.2 Å². The Morgan fingerprint density at radius 2 is 0.466 bits per heavy atom. The largest absolute Gasteiger partial charge is 0.310 e. The van der Waals surface area contributed by atoms with E-state index in [1.165, 1.54) is 65.9 Å². The topological polar surface area (TPSA) is 6.48 Å². The molecule has 0 fully saturated rings. The molecular weight excluding hydrogens is 1060 g/mol. The van der Waals surface area contributed by atoms with Gasteiger partial charge in [0.2, 0.25) is 0 Å². The van der Waals surface area contributed by atoms with Gasteiger partial charge in [0.15, 0.2) is 0 Å². The van der Waals surface area contributed by atoms with Crippen LogP contribution in [0.1, 0.15) is 11.1 Å². The molecule has 88 heavy (non-hydrogen) atoms. The molecule has 2 heteroatoms. The fraction of sp³-hybridized carbons (Fsp3) is 0. The average Bonchev–Trinajstić information content (AvgIpc) is 1.07. The molecule has 0 aliphatic rings. The fourth-order valence-electron chi connectivity index (χ4n) is 13.5. The monoisotopic (exact) mass is 1120 g/mol. The highest BCUT2D eigenvalue weighted by atomic mass is 15.1. The Bertz CT molecular complexity index is 5030. The van der Waals surface area contributed by atoms with E-state index in [0.29, 0.717) is 0 Å². The first-order chi connectivity index (χ1) is 43.6. The number of hydrogen-bond acceptors (Lipinski definition) is 2. The summed E-state index contributed by atoms with van der Waals surface area (Å²) in [5.74, 6) is 0. The molecule has 0 aliphatic heterocycles. The summed E-state index contributed by atoms with van der Waals surface area (Å²) < 4.78 is 0. The zero-order chi connectivity index (χ0) is 58.9. The van der Waals surface area contributed by atoms with Crippen molar-refractivity contribution in [1.82, 2.24) is 0 Å². The van der Waals surface area contributed by atoms with Crippen LogP contribution in [0.2, 0.25) is 0 Å². The number of nitrogens with zero attached hydrogens (tertiary/aromatic N) is 2. The molecule has 0 saturated heterocycles. The molecule has 0 radical (unpaired) electrons. The van der Waals surface area contributed by atoms with Gasteiger partial charge in [-0.3, -0.25) is 0 Å². The van der Waals surface area contributed by atoms with Crippen molar-refractivity contribution in [2.45, 2.75) is 0 Å². The summed E-state index contributed by atoms with van der Waals surface area (Å²) >= 11 is 0. The molecule has 0 unspecified atom stereocenters. The number of para-hydroxylation sites is 2. The van der Waals surface area contributed by atoms with Crippen LogP contribution in [0, 0.1) is 0 Å². The van der Waals surface area contributed by atoms with Crippen molar-refractivity contribution in [1.29, 1.82) is 0 Å². The summed E-state index contributed by atoms with van der Waals surface area (Å²) in [6.45, 7) is 9.12. The van der Waals surface area contributed by atoms with Gasteiger partial charge in [-0.15, -0.1) is 0 Å². The maximum atomic E-state index is 4.57. The van der Waals surface area contributed by atoms with E-state index >= 15 is 0 Å². The molecule has 15 rings (SSSR count). The molecular formula is C86H60N2. The molecule has 0 aliphatic carbocycles. The molecule has 0 amide bonds. The normalized spacial score (nSPS) is 11.3. The predicted octanol–water partition coefficient (Wildman–Crippen LogP) is 24.5. The molecule has 0 bridgehead atoms. The van der Waals surface area contributed by atoms with Gasteiger partial charge in [-0.1, -0.05) is 280 Å². The van der Waals surface area contributed by atoms with Crippen LogP contribution in [0.15, 0.2) is 341 Å². The average molecular weight is 1120 g/mol. The Labute approximate surface area is 514 Å². The number of fused-ring (bicyclic) bond motifs is 4. The molecule has 0 aromatic heterocycles. The molecule has 15 aromatic carbocycles. The summed E-state index contributed by atoms with van der Waals surface area (Å²) in [5.41, 5.74) is 22.5. The van der Waals surface area contributed by atoms with Crippen LogP contribution in [0.4, 0.5) is 34.1 Å². The second-order valence-corrected chi connectivity index (χ2v) is 22.3. The quantitative estimate of drug-likeness (QED) is 0.100. The Morgan fingerprint density at radius 1 is 0.193 bits per heavy atom. The highest BCUT2D eigenvalue weighted by Crippen LogP contribution is 2.51. The van der Waals surface area contributed by atoms with E-state index in [-0.39, 0.29) is 0 Å². The SMILES string of the molecule is C=Cc1c(C=C)c(-c2ccc(-c3c4ccccc4c(-c4cccc(N(c5ccccc5)c5ccc(-c6ccccc6)cc5)c4)c4ccccc34)c3ccccc23)c2ccccc2c1-c1cccc(N(c2ccccc2)c2ccc(-c3ccccc3)cc2)c1. The van der Waals surface area contributed by atoms with E-state index in [1.54, 1.807) is 0 Å². The third-order valence-corrected chi connectivity index (χ3v) is 17.4. The smallest absolute Gasteiger partial charge is 0.0467 e. The van der Waals surface area contributed by atoms with Crippen LogP contribution in [0.5, 0.6) is 0 Å². The second-order valence-electron chi connectivity index (χ2n) is 22.3. The Hall–Kier alpha value is -11.6. The van der Waals surface area contributed by atoms with Crippen molar-refractivity contribution >= 4 is 89.4 Å². The fourth-order valence-corrected chi connectivity index (χ4v) is 13.5. The summed E-state index contributed by atoms with van der Waals surface area (Å²) in [4.78, 5) is 4.71. The van der Waals surface area contributed by atoms with Gasteiger partial charge in [0.1, 0.15) is 0 Å². The van der Waals surface area contributed by atoms with Crippen LogP contribution < -0.4 is 9.80 Å². The van der Waals surface area contributed by atoms with Gasteiger partial charge in [0.05, 0.1) is 0 Å². The maximum absolute atomic E-state index is 4.57. The lowest BCUT2D eigenvalue weighted by molar-refractivity contribution is 1.28. The Balaban J connectivity index is 0.864. The van der Waals surface area contributed by atoms with Crippen LogP contribution in [-0.4, -0.2) is 0 Å². The lowest BCUT2D eigenvalue weighted by atomic mass is 9.80. The van der Waals surface area contributed by atoms with Crippen molar-refractivity contribution in [2.24, 2.45) is 0 Å². The van der Waals surface area contributed by atoms with Gasteiger partial charge in [-0.05, 0) is 194 Å². The minimum atomic E-state index is 1.04. The van der Waals surface area contributed by atoms with E-state index in [1.807, 2.05) is 12.2 Å². The van der Waals surface area contributed by atoms with Crippen LogP contribution in [0.25, 0.3) is 122 Å². The lowest BCUT2D eigenvalue weighted by Crippen LogP contribution is -2.10. The molecule has 0 heterocycles. The van der Waals surface area contributed by atoms with E-state index in [9.17, 15) is 0 Å². The molecule has 2 nitrogen and oxygen atoms in total. The third kappa shape index (κ3) is 9.51. The number of rotatable bonds is 14. The highest BCUT2D eigenvalue weighted by molar-refractivity contribution is 6.25. The highest BCUT2D eigenvalue weighted by Gasteiger charge is 2.25. The van der Waals surface area contributed by atoms with Crippen molar-refractivity contribution in [3.8, 4) is 66.8 Å². The first kappa shape index (κ1) is 53.2. The molecule has 414 valence electrons. The standard InChI is InChI=1S/C86H60N2/c1-3-71-72(4-2)85(78-44-22-19-41-75(78)83(71)63-31-25-37-69(57-63)87(65-33-13-7-14-34-65)67-51-47-61(48-52-67)59-27-9-5-10-28-59)81-55-56-82(74-40-18-17-39-73(74)81)86-79-45-23-20-42-76(79)84(77-43-21-24-46-80(77)86)64-32-26-38-70(58-64)88(66-35-15-8-16-36-66)68-53-49-62(50-54-68)60-29-11-6-12-30-60/h3-58H,1-2H2. The maximum Gasteiger partial charge on any atom is 0.0467 e. The predicted molar refractivity (Wildman–Crippen MR) is 379 cm³/mol. The number of benzene rings is 15. The summed E-state index contributed by atoms with van der Waals surface area (Å²) in [6, 6.07) is 119. The molecule has 0 N–H and O–H groups in total. The van der Waals surface area contributed by atoms with E-state index in [4.69, 9.17) is 0 Å². The second kappa shape index (κ2) is 23.1. The number of anilines is 6. The number of hydrogen-bond donors (Lipinski definition) is 0. The third-order valence-electron chi connectivity index (χ3n) is 17.4. The van der Waals surface area contributed by atoms with Crippen molar-refractivity contribution < 1.29 is 0 Å². The lowest BCUT2D eigenvalue weighted by Gasteiger charge is -2.27. The van der Waals surface area contributed by atoms with Crippen molar-refractivity contribution in [2.75, 3.05) is 9.80 Å². The minimum absolute atomic E-state index is 1.04. The van der Waals surface area contributed by atoms with Gasteiger partial charge >= 0.3 is 0 Å². The summed E-state index contributed by atoms with van der Waals surface area (Å²) in [7, 11) is 0. The zero-order valence-corrected chi connectivity index (χ0v) is 48.6. The first-order valence-electron chi connectivity index (χ1n) is 30.1. The van der Waals surface area contributed by atoms with Crippen LogP contribution in [-0.2, 0) is 0 Å². The van der Waals surface area contributed by atoms with Crippen LogP contribution in [0.3, 0.4) is 0 Å². The Kier molecular flexibility index (Phi) is 14.0. The summed E-state index contributed by atoms with van der Waals surface area (Å²) in [5, 5.41) is 9.42. The zero-order valence-electron chi connectivity index (χ0n) is 48.6. The van der Waals surface area contributed by atoms with Crippen molar-refractivity contribution in [3.63, 3.8) is 0 Å². The van der Waals surface area contributed by atoms with Gasteiger partial charge in [0.25, 0.3) is 0 Å². The van der Waals surface area contributed by atoms with Gasteiger partial charge in [-0.2, -0.15) is 0 Å². The molecule has 0 atom stereocenters. The van der Waals surface area contributed by atoms with Crippen LogP contribution >= 0.6 is 0 Å². The first-order valence-corrected chi connectivity index (χ1v) is 30.1. The van der Waals surface area contributed by atoms with Gasteiger partial charge in [0, 0.05) is 34.1 Å². The molecule has 0 saturated carbocycles. The van der Waals surface area contributed by atoms with Gasteiger partial charge in [-0.25, -0.2) is 0 Å². The van der Waals surface area contributed by atoms with E-state index in [2.05, 4.69) is 351 Å². The van der Waals surface area contributed by atoms with E-state index < -0.39 is 0 Å². The minimum Gasteiger partial charge on any atom is -0.310 e. The molecule has 15 aromatic rings. The van der Waals surface area contributed by atoms with Crippen molar-refractivity contribution in [3.05, 3.63) is 352 Å². The summed E-state index contributed by atoms with van der Waals surface area (Å²) in [6.07, 6.45) is 4.07. The molecule has 0 spiro atoms.